The molecule has 0 aliphatic carbocycles. The number of imidazole rings is 1. The molecule has 2 aliphatic rings. The van der Waals surface area contributed by atoms with Crippen molar-refractivity contribution in [2.24, 2.45) is 0 Å². The van der Waals surface area contributed by atoms with E-state index in [2.05, 4.69) is 9.72 Å². The van der Waals surface area contributed by atoms with Crippen molar-refractivity contribution in [3.8, 4) is 11.8 Å². The summed E-state index contributed by atoms with van der Waals surface area (Å²) in [6, 6.07) is 4.28. The lowest BCUT2D eigenvalue weighted by atomic mass is 9.91. The second-order valence-corrected chi connectivity index (χ2v) is 8.84. The van der Waals surface area contributed by atoms with Gasteiger partial charge in [-0.15, -0.1) is 13.2 Å². The van der Waals surface area contributed by atoms with Gasteiger partial charge in [0.15, 0.2) is 0 Å². The zero-order valence-electron chi connectivity index (χ0n) is 19.4. The minimum Gasteiger partial charge on any atom is -0.465 e. The minimum absolute atomic E-state index is 0.114. The van der Waals surface area contributed by atoms with Gasteiger partial charge in [0.25, 0.3) is 0 Å². The van der Waals surface area contributed by atoms with Gasteiger partial charge in [-0.3, -0.25) is 14.4 Å². The van der Waals surface area contributed by atoms with Crippen LogP contribution in [-0.4, -0.2) is 73.1 Å². The van der Waals surface area contributed by atoms with Crippen LogP contribution >= 0.6 is 0 Å². The van der Waals surface area contributed by atoms with Crippen LogP contribution in [0.5, 0.6) is 11.8 Å². The van der Waals surface area contributed by atoms with E-state index in [9.17, 15) is 33.2 Å². The summed E-state index contributed by atoms with van der Waals surface area (Å²) in [5, 5.41) is 20.8. The summed E-state index contributed by atoms with van der Waals surface area (Å²) in [5.41, 5.74) is -0.241. The average molecular weight is 511 g/mol. The Labute approximate surface area is 203 Å². The number of carboxylic acid groups (broad SMARTS) is 1. The average Bonchev–Trinajstić information content (AvgIpc) is 3.29. The number of piperazine rings is 1. The Balaban J connectivity index is 1.63. The van der Waals surface area contributed by atoms with Crippen LogP contribution in [0.3, 0.4) is 0 Å². The number of alkyl halides is 3. The number of halogens is 3. The molecule has 1 N–H and O–H groups in total. The van der Waals surface area contributed by atoms with E-state index in [-0.39, 0.29) is 30.7 Å². The first-order valence-corrected chi connectivity index (χ1v) is 11.0. The summed E-state index contributed by atoms with van der Waals surface area (Å²) in [6.07, 6.45) is -1.20. The number of carbonyl (C=O) groups is 1. The Morgan fingerprint density at radius 1 is 1.36 bits per heavy atom. The fourth-order valence-electron chi connectivity index (χ4n) is 4.79. The molecule has 194 valence electrons. The molecule has 0 bridgehead atoms. The fourth-order valence-corrected chi connectivity index (χ4v) is 4.79. The van der Waals surface area contributed by atoms with E-state index in [4.69, 9.17) is 4.74 Å². The van der Waals surface area contributed by atoms with Crippen LogP contribution < -0.4 is 9.47 Å². The number of ether oxygens (including phenoxy) is 2. The zero-order valence-corrected chi connectivity index (χ0v) is 19.4. The number of nitrogens with zero attached hydrogens (tertiary/aromatic N) is 5. The van der Waals surface area contributed by atoms with Gasteiger partial charge in [0.2, 0.25) is 0 Å². The molecular weight excluding hydrogens is 487 g/mol. The third-order valence-corrected chi connectivity index (χ3v) is 6.09. The molecule has 2 unspecified atom stereocenters. The van der Waals surface area contributed by atoms with Crippen molar-refractivity contribution in [3.05, 3.63) is 58.3 Å². The van der Waals surface area contributed by atoms with E-state index in [1.54, 1.807) is 23.6 Å². The smallest absolute Gasteiger partial charge is 0.465 e. The molecule has 1 aromatic carbocycles. The molecule has 0 radical (unpaired) electrons. The summed E-state index contributed by atoms with van der Waals surface area (Å²) in [4.78, 5) is 29.6. The Hall–Kier alpha value is -3.81. The predicted octanol–water partition coefficient (Wildman–Crippen LogP) is 3.82. The number of fused-ring (bicyclic) bond motifs is 1. The summed E-state index contributed by atoms with van der Waals surface area (Å²) in [5.74, 6) is -0.710. The van der Waals surface area contributed by atoms with Crippen molar-refractivity contribution < 1.29 is 37.5 Å². The van der Waals surface area contributed by atoms with Crippen molar-refractivity contribution in [1.29, 1.82) is 0 Å². The topological polar surface area (TPSA) is 123 Å². The number of amides is 1. The summed E-state index contributed by atoms with van der Waals surface area (Å²) >= 11 is 0. The molecule has 0 spiro atoms. The van der Waals surface area contributed by atoms with Crippen molar-refractivity contribution in [2.75, 3.05) is 19.6 Å². The first-order chi connectivity index (χ1) is 16.9. The maximum absolute atomic E-state index is 12.6. The molecule has 1 saturated heterocycles. The van der Waals surface area contributed by atoms with Gasteiger partial charge in [-0.1, -0.05) is 24.3 Å². The second kappa shape index (κ2) is 9.33. The van der Waals surface area contributed by atoms with E-state index in [0.29, 0.717) is 18.7 Å². The highest BCUT2D eigenvalue weighted by molar-refractivity contribution is 5.66. The van der Waals surface area contributed by atoms with Gasteiger partial charge < -0.3 is 24.7 Å². The highest BCUT2D eigenvalue weighted by Gasteiger charge is 2.46. The monoisotopic (exact) mass is 511 g/mol. The van der Waals surface area contributed by atoms with Gasteiger partial charge >= 0.3 is 24.3 Å². The molecule has 2 aliphatic heterocycles. The number of allylic oxidation sites excluding steroid dienone is 1. The number of aromatic nitrogens is 2. The molecule has 0 saturated carbocycles. The van der Waals surface area contributed by atoms with Gasteiger partial charge in [-0.25, -0.2) is 4.79 Å². The van der Waals surface area contributed by atoms with E-state index in [1.807, 2.05) is 11.8 Å². The van der Waals surface area contributed by atoms with Gasteiger partial charge in [0.05, 0.1) is 18.6 Å². The van der Waals surface area contributed by atoms with Crippen molar-refractivity contribution in [1.82, 2.24) is 19.4 Å². The number of nitro groups is 1. The molecule has 1 fully saturated rings. The highest BCUT2D eigenvalue weighted by Crippen LogP contribution is 2.38. The van der Waals surface area contributed by atoms with Crippen LogP contribution in [0, 0.1) is 10.1 Å². The van der Waals surface area contributed by atoms with E-state index in [0.717, 1.165) is 0 Å². The molecule has 2 aromatic rings. The molecule has 11 nitrogen and oxygen atoms in total. The quantitative estimate of drug-likeness (QED) is 0.353. The van der Waals surface area contributed by atoms with Gasteiger partial charge in [-0.05, 0) is 36.5 Å². The summed E-state index contributed by atoms with van der Waals surface area (Å²) < 4.78 is 49.3. The minimum atomic E-state index is -4.83. The Morgan fingerprint density at radius 2 is 2.06 bits per heavy atom. The van der Waals surface area contributed by atoms with Crippen LogP contribution in [0.4, 0.5) is 23.8 Å². The lowest BCUT2D eigenvalue weighted by Gasteiger charge is -2.47. The normalized spacial score (nSPS) is 24.5. The molecule has 14 heteroatoms. The Morgan fingerprint density at radius 3 is 2.61 bits per heavy atom. The Bertz CT molecular complexity index is 1140. The van der Waals surface area contributed by atoms with Crippen LogP contribution in [0.25, 0.3) is 0 Å². The maximum atomic E-state index is 12.6. The van der Waals surface area contributed by atoms with Crippen molar-refractivity contribution >= 4 is 11.9 Å². The fraction of sp³-hybridized carbons (Fsp3) is 0.455. The van der Waals surface area contributed by atoms with Gasteiger partial charge in [-0.2, -0.15) is 0 Å². The van der Waals surface area contributed by atoms with Crippen LogP contribution in [0.1, 0.15) is 25.5 Å². The van der Waals surface area contributed by atoms with Crippen molar-refractivity contribution in [3.63, 3.8) is 0 Å². The third-order valence-electron chi connectivity index (χ3n) is 6.09. The van der Waals surface area contributed by atoms with Gasteiger partial charge in [0.1, 0.15) is 17.5 Å². The number of hydrogen-bond donors (Lipinski definition) is 1. The SMILES string of the molecule is CC=C[C@H]1C(c2ccc(OC(F)(F)F)cc2)N(CC2(C)Cn3cc([N+](=O)[O-])nc3O2)CCN1C(=O)O. The first-order valence-electron chi connectivity index (χ1n) is 11.0. The molecule has 36 heavy (non-hydrogen) atoms. The molecule has 3 heterocycles. The van der Waals surface area contributed by atoms with Crippen LogP contribution in [-0.2, 0) is 6.54 Å². The van der Waals surface area contributed by atoms with E-state index < -0.39 is 35.1 Å². The van der Waals surface area contributed by atoms with Crippen LogP contribution in [0.15, 0.2) is 42.6 Å². The van der Waals surface area contributed by atoms with Crippen molar-refractivity contribution in [2.45, 2.75) is 44.4 Å². The number of hydrogen-bond acceptors (Lipinski definition) is 7. The van der Waals surface area contributed by atoms with E-state index >= 15 is 0 Å². The highest BCUT2D eigenvalue weighted by atomic mass is 19.4. The zero-order chi connectivity index (χ0) is 26.3. The lowest BCUT2D eigenvalue weighted by molar-refractivity contribution is -0.389. The van der Waals surface area contributed by atoms with Crippen LogP contribution in [0.2, 0.25) is 0 Å². The van der Waals surface area contributed by atoms with Gasteiger partial charge in [0, 0.05) is 24.6 Å². The standard InChI is InChI=1S/C22H24F3N5O6/c1-3-4-16-18(14-5-7-15(8-6-14)35-22(23,24)25)27(9-10-29(16)20(31)32)12-21(2)13-28-11-17(30(33)34)26-19(28)36-21/h3-8,11,16,18H,9-10,12-13H2,1-2H3,(H,31,32)/t16-,18?,21?/m0/s1. The summed E-state index contributed by atoms with van der Waals surface area (Å²) in [6.45, 7) is 4.68. The van der Waals surface area contributed by atoms with E-state index in [1.165, 1.54) is 35.4 Å². The summed E-state index contributed by atoms with van der Waals surface area (Å²) in [7, 11) is 0. The Kier molecular flexibility index (Phi) is 6.56. The third kappa shape index (κ3) is 5.22. The molecular formula is C22H24F3N5O6. The molecule has 4 rings (SSSR count). The second-order valence-electron chi connectivity index (χ2n) is 8.84. The molecule has 1 amide bonds. The number of rotatable bonds is 6. The number of benzene rings is 1. The first kappa shape index (κ1) is 25.3. The lowest BCUT2D eigenvalue weighted by Crippen LogP contribution is -2.59. The predicted molar refractivity (Wildman–Crippen MR) is 119 cm³/mol. The largest absolute Gasteiger partial charge is 0.573 e. The maximum Gasteiger partial charge on any atom is 0.573 e. The molecule has 1 aromatic heterocycles. The molecule has 3 atom stereocenters.